The van der Waals surface area contributed by atoms with Gasteiger partial charge in [-0.05, 0) is 49.2 Å². The first-order chi connectivity index (χ1) is 14.5. The average molecular weight is 427 g/mol. The van der Waals surface area contributed by atoms with E-state index in [1.807, 2.05) is 30.3 Å². The van der Waals surface area contributed by atoms with Crippen LogP contribution in [-0.4, -0.2) is 42.7 Å². The van der Waals surface area contributed by atoms with Crippen molar-refractivity contribution in [2.45, 2.75) is 39.1 Å². The number of nitrogens with one attached hydrogen (secondary N) is 1. The fraction of sp³-hybridized carbons (Fsp3) is 0.375. The summed E-state index contributed by atoms with van der Waals surface area (Å²) in [4.78, 5) is 15.1. The second-order valence-electron chi connectivity index (χ2n) is 8.04. The molecule has 6 heteroatoms. The van der Waals surface area contributed by atoms with E-state index in [0.29, 0.717) is 17.1 Å². The average Bonchev–Trinajstić information content (AvgIpc) is 2.71. The van der Waals surface area contributed by atoms with Crippen molar-refractivity contribution in [2.24, 2.45) is 0 Å². The highest BCUT2D eigenvalue weighted by atomic mass is 35.5. The molecule has 30 heavy (non-hydrogen) atoms. The minimum atomic E-state index is -0.121. The minimum absolute atomic E-state index is 0.121. The number of amides is 1. The number of carbonyl (C=O) groups excluding carboxylic acids is 1. The molecule has 2 aromatic carbocycles. The molecule has 2 unspecified atom stereocenters. The Morgan fingerprint density at radius 1 is 1.13 bits per heavy atom. The summed E-state index contributed by atoms with van der Waals surface area (Å²) in [7, 11) is 0. The highest BCUT2D eigenvalue weighted by Gasteiger charge is 2.23. The number of benzene rings is 2. The van der Waals surface area contributed by atoms with Crippen molar-refractivity contribution in [3.05, 3.63) is 69.8 Å². The van der Waals surface area contributed by atoms with Gasteiger partial charge < -0.3 is 14.8 Å². The number of fused-ring (bicyclic) bond motifs is 1. The first-order valence-corrected chi connectivity index (χ1v) is 10.7. The maximum atomic E-state index is 12.7. The van der Waals surface area contributed by atoms with Gasteiger partial charge >= 0.3 is 0 Å². The van der Waals surface area contributed by atoms with Crippen molar-refractivity contribution in [2.75, 3.05) is 19.7 Å². The molecular formula is C24H27ClN2O3. The van der Waals surface area contributed by atoms with Crippen LogP contribution in [0.4, 0.5) is 0 Å². The van der Waals surface area contributed by atoms with Gasteiger partial charge in [0.05, 0.1) is 17.8 Å². The Morgan fingerprint density at radius 2 is 1.87 bits per heavy atom. The Balaban J connectivity index is 1.41. The Hall–Kier alpha value is -2.34. The van der Waals surface area contributed by atoms with Crippen LogP contribution in [0.25, 0.3) is 6.08 Å². The van der Waals surface area contributed by atoms with E-state index in [9.17, 15) is 4.79 Å². The third-order valence-corrected chi connectivity index (χ3v) is 5.66. The molecule has 4 rings (SSSR count). The number of nitrogens with zero attached hydrogens (tertiary/aromatic N) is 1. The van der Waals surface area contributed by atoms with E-state index in [1.54, 1.807) is 6.07 Å². The zero-order valence-corrected chi connectivity index (χ0v) is 18.1. The number of hydrogen-bond donors (Lipinski definition) is 1. The van der Waals surface area contributed by atoms with Gasteiger partial charge in [0, 0.05) is 36.8 Å². The van der Waals surface area contributed by atoms with Crippen LogP contribution >= 0.6 is 11.6 Å². The van der Waals surface area contributed by atoms with Crippen molar-refractivity contribution < 1.29 is 14.3 Å². The summed E-state index contributed by atoms with van der Waals surface area (Å²) in [5.41, 5.74) is 3.77. The quantitative estimate of drug-likeness (QED) is 0.783. The van der Waals surface area contributed by atoms with E-state index in [1.165, 1.54) is 5.56 Å². The molecule has 0 radical (unpaired) electrons. The molecule has 0 bridgehead atoms. The molecule has 5 nitrogen and oxygen atoms in total. The van der Waals surface area contributed by atoms with Gasteiger partial charge in [-0.3, -0.25) is 9.69 Å². The Kier molecular flexibility index (Phi) is 6.42. The maximum absolute atomic E-state index is 12.7. The second-order valence-corrected chi connectivity index (χ2v) is 8.48. The summed E-state index contributed by atoms with van der Waals surface area (Å²) in [6.07, 6.45) is 2.31. The molecule has 0 aromatic heterocycles. The summed E-state index contributed by atoms with van der Waals surface area (Å²) >= 11 is 6.06. The van der Waals surface area contributed by atoms with Gasteiger partial charge in [-0.2, -0.15) is 0 Å². The van der Waals surface area contributed by atoms with Crippen LogP contribution in [0, 0.1) is 0 Å². The molecule has 0 aliphatic carbocycles. The van der Waals surface area contributed by atoms with E-state index in [-0.39, 0.29) is 24.7 Å². The van der Waals surface area contributed by atoms with Crippen LogP contribution in [0.5, 0.6) is 5.75 Å². The summed E-state index contributed by atoms with van der Waals surface area (Å²) in [5, 5.41) is 3.67. The summed E-state index contributed by atoms with van der Waals surface area (Å²) < 4.78 is 11.5. The lowest BCUT2D eigenvalue weighted by atomic mass is 10.0. The third-order valence-electron chi connectivity index (χ3n) is 5.42. The van der Waals surface area contributed by atoms with Crippen LogP contribution in [0.1, 0.15) is 30.5 Å². The zero-order valence-electron chi connectivity index (χ0n) is 17.4. The molecule has 2 aromatic rings. The topological polar surface area (TPSA) is 50.8 Å². The highest BCUT2D eigenvalue weighted by Crippen LogP contribution is 2.29. The minimum Gasteiger partial charge on any atom is -0.488 e. The van der Waals surface area contributed by atoms with E-state index >= 15 is 0 Å². The van der Waals surface area contributed by atoms with Crippen LogP contribution < -0.4 is 10.1 Å². The molecule has 2 atom stereocenters. The van der Waals surface area contributed by atoms with Gasteiger partial charge in [0.1, 0.15) is 12.4 Å². The van der Waals surface area contributed by atoms with Crippen LogP contribution in [0.3, 0.4) is 0 Å². The summed E-state index contributed by atoms with van der Waals surface area (Å²) in [6.45, 7) is 7.63. The van der Waals surface area contributed by atoms with Gasteiger partial charge in [-0.15, -0.1) is 0 Å². The molecule has 2 aliphatic heterocycles. The number of halogens is 1. The van der Waals surface area contributed by atoms with Gasteiger partial charge in [0.15, 0.2) is 0 Å². The SMILES string of the molecule is CC1CN(Cc2ccccc2CNC(=O)C2=Cc3cc(Cl)ccc3OC2)CC(C)O1. The Labute approximate surface area is 182 Å². The normalized spacial score (nSPS) is 21.4. The van der Waals surface area contributed by atoms with Crippen molar-refractivity contribution >= 4 is 23.6 Å². The molecule has 0 spiro atoms. The molecular weight excluding hydrogens is 400 g/mol. The van der Waals surface area contributed by atoms with Crippen molar-refractivity contribution in [1.29, 1.82) is 0 Å². The molecule has 2 heterocycles. The highest BCUT2D eigenvalue weighted by molar-refractivity contribution is 6.30. The lowest BCUT2D eigenvalue weighted by molar-refractivity contribution is -0.117. The van der Waals surface area contributed by atoms with Crippen LogP contribution in [0.2, 0.25) is 5.02 Å². The first-order valence-electron chi connectivity index (χ1n) is 10.3. The second kappa shape index (κ2) is 9.21. The number of carbonyl (C=O) groups is 1. The van der Waals surface area contributed by atoms with Gasteiger partial charge in [-0.25, -0.2) is 0 Å². The van der Waals surface area contributed by atoms with Gasteiger partial charge in [0.25, 0.3) is 5.91 Å². The molecule has 158 valence electrons. The largest absolute Gasteiger partial charge is 0.488 e. The third kappa shape index (κ3) is 5.04. The first kappa shape index (κ1) is 20.9. The molecule has 2 aliphatic rings. The van der Waals surface area contributed by atoms with Crippen LogP contribution in [-0.2, 0) is 22.6 Å². The molecule has 1 N–H and O–H groups in total. The smallest absolute Gasteiger partial charge is 0.250 e. The molecule has 1 amide bonds. The summed E-state index contributed by atoms with van der Waals surface area (Å²) in [5.74, 6) is 0.624. The number of hydrogen-bond acceptors (Lipinski definition) is 4. The lowest BCUT2D eigenvalue weighted by Crippen LogP contribution is -2.45. The fourth-order valence-corrected chi connectivity index (χ4v) is 4.29. The van der Waals surface area contributed by atoms with Crippen LogP contribution in [0.15, 0.2) is 48.0 Å². The Bertz CT molecular complexity index is 949. The number of ether oxygens (including phenoxy) is 2. The molecule has 1 saturated heterocycles. The Morgan fingerprint density at radius 3 is 2.63 bits per heavy atom. The van der Waals surface area contributed by atoms with Gasteiger partial charge in [0.2, 0.25) is 0 Å². The maximum Gasteiger partial charge on any atom is 0.250 e. The predicted octanol–water partition coefficient (Wildman–Crippen LogP) is 4.04. The van der Waals surface area contributed by atoms with Crippen molar-refractivity contribution in [3.63, 3.8) is 0 Å². The van der Waals surface area contributed by atoms with E-state index in [2.05, 4.69) is 36.2 Å². The standard InChI is InChI=1S/C24H27ClN2O3/c1-16-12-27(13-17(2)30-16)14-19-6-4-3-5-18(19)11-26-24(28)21-9-20-10-22(25)7-8-23(20)29-15-21/h3-10,16-17H,11-15H2,1-2H3,(H,26,28). The van der Waals surface area contributed by atoms with Crippen molar-refractivity contribution in [1.82, 2.24) is 10.2 Å². The lowest BCUT2D eigenvalue weighted by Gasteiger charge is -2.35. The molecule has 0 saturated carbocycles. The monoisotopic (exact) mass is 426 g/mol. The summed E-state index contributed by atoms with van der Waals surface area (Å²) in [6, 6.07) is 13.7. The molecule has 1 fully saturated rings. The predicted molar refractivity (Wildman–Crippen MR) is 118 cm³/mol. The van der Waals surface area contributed by atoms with E-state index < -0.39 is 0 Å². The van der Waals surface area contributed by atoms with Crippen molar-refractivity contribution in [3.8, 4) is 5.75 Å². The fourth-order valence-electron chi connectivity index (χ4n) is 4.11. The van der Waals surface area contributed by atoms with E-state index in [0.717, 1.165) is 36.5 Å². The number of morpholine rings is 1. The van der Waals surface area contributed by atoms with E-state index in [4.69, 9.17) is 21.1 Å². The van der Waals surface area contributed by atoms with Gasteiger partial charge in [-0.1, -0.05) is 35.9 Å². The number of rotatable bonds is 5. The zero-order chi connectivity index (χ0) is 21.1.